The summed E-state index contributed by atoms with van der Waals surface area (Å²) in [5.41, 5.74) is -0.0124. The minimum Gasteiger partial charge on any atom is -0.383 e. The summed E-state index contributed by atoms with van der Waals surface area (Å²) in [4.78, 5) is 7.16. The molecule has 0 spiro atoms. The van der Waals surface area contributed by atoms with Crippen molar-refractivity contribution in [2.75, 3.05) is 13.7 Å². The lowest BCUT2D eigenvalue weighted by Crippen LogP contribution is -2.42. The molecule has 1 rings (SSSR count). The molecule has 2 N–H and O–H groups in total. The Morgan fingerprint density at radius 3 is 2.92 bits per heavy atom. The van der Waals surface area contributed by atoms with Gasteiger partial charge in [0, 0.05) is 25.0 Å². The van der Waals surface area contributed by atoms with Crippen molar-refractivity contribution in [3.8, 4) is 0 Å². The first-order valence-corrected chi connectivity index (χ1v) is 4.36. The molecule has 0 aliphatic rings. The molecule has 0 saturated heterocycles. The van der Waals surface area contributed by atoms with Gasteiger partial charge >= 0.3 is 0 Å². The number of aromatic nitrogens is 2. The van der Waals surface area contributed by atoms with Crippen LogP contribution in [-0.2, 0) is 11.3 Å². The van der Waals surface area contributed by atoms with Crippen LogP contribution in [0.15, 0.2) is 12.4 Å². The van der Waals surface area contributed by atoms with Crippen LogP contribution in [0.1, 0.15) is 19.7 Å². The van der Waals surface area contributed by atoms with Gasteiger partial charge < -0.3 is 15.0 Å². The van der Waals surface area contributed by atoms with Gasteiger partial charge in [-0.2, -0.15) is 0 Å². The number of hydrogen-bond acceptors (Lipinski definition) is 3. The summed E-state index contributed by atoms with van der Waals surface area (Å²) in [6.45, 7) is 5.62. The van der Waals surface area contributed by atoms with Crippen LogP contribution in [0.5, 0.6) is 0 Å². The summed E-state index contributed by atoms with van der Waals surface area (Å²) in [6.07, 6.45) is 3.57. The van der Waals surface area contributed by atoms with Crippen molar-refractivity contribution in [2.45, 2.75) is 25.9 Å². The van der Waals surface area contributed by atoms with Crippen molar-refractivity contribution in [1.29, 1.82) is 0 Å². The van der Waals surface area contributed by atoms with E-state index in [1.807, 2.05) is 6.20 Å². The van der Waals surface area contributed by atoms with Crippen molar-refractivity contribution >= 4 is 0 Å². The van der Waals surface area contributed by atoms with E-state index in [1.54, 1.807) is 13.3 Å². The lowest BCUT2D eigenvalue weighted by atomic mass is 10.1. The van der Waals surface area contributed by atoms with Crippen LogP contribution < -0.4 is 5.32 Å². The van der Waals surface area contributed by atoms with E-state index < -0.39 is 0 Å². The Morgan fingerprint density at radius 1 is 1.62 bits per heavy atom. The molecular weight excluding hydrogens is 166 g/mol. The zero-order valence-electron chi connectivity index (χ0n) is 8.42. The number of ether oxygens (including phenoxy) is 1. The Kier molecular flexibility index (Phi) is 3.45. The van der Waals surface area contributed by atoms with Crippen molar-refractivity contribution < 1.29 is 4.74 Å². The van der Waals surface area contributed by atoms with Gasteiger partial charge in [0.05, 0.1) is 13.2 Å². The largest absolute Gasteiger partial charge is 0.383 e. The van der Waals surface area contributed by atoms with Gasteiger partial charge in [-0.25, -0.2) is 4.98 Å². The highest BCUT2D eigenvalue weighted by Gasteiger charge is 2.16. The minimum absolute atomic E-state index is 0.0124. The highest BCUT2D eigenvalue weighted by molar-refractivity contribution is 4.88. The van der Waals surface area contributed by atoms with Gasteiger partial charge in [-0.1, -0.05) is 0 Å². The molecule has 0 amide bonds. The van der Waals surface area contributed by atoms with Gasteiger partial charge in [-0.15, -0.1) is 0 Å². The second kappa shape index (κ2) is 4.39. The number of aromatic amines is 1. The second-order valence-electron chi connectivity index (χ2n) is 3.71. The van der Waals surface area contributed by atoms with E-state index in [0.29, 0.717) is 6.61 Å². The van der Waals surface area contributed by atoms with Gasteiger partial charge in [-0.3, -0.25) is 0 Å². The van der Waals surface area contributed by atoms with E-state index in [-0.39, 0.29) is 5.54 Å². The number of methoxy groups -OCH3 is 1. The molecule has 0 atom stereocenters. The molecule has 4 heteroatoms. The number of rotatable bonds is 5. The van der Waals surface area contributed by atoms with E-state index >= 15 is 0 Å². The Labute approximate surface area is 78.7 Å². The molecule has 0 unspecified atom stereocenters. The standard InChI is InChI=1S/C9H17N3O/c1-9(2,7-13-3)12-6-8-10-4-5-11-8/h4-5,12H,6-7H2,1-3H3,(H,10,11). The minimum atomic E-state index is -0.0124. The Morgan fingerprint density at radius 2 is 2.38 bits per heavy atom. The summed E-state index contributed by atoms with van der Waals surface area (Å²) in [6, 6.07) is 0. The van der Waals surface area contributed by atoms with Crippen LogP contribution >= 0.6 is 0 Å². The van der Waals surface area contributed by atoms with Gasteiger partial charge in [0.2, 0.25) is 0 Å². The van der Waals surface area contributed by atoms with Gasteiger partial charge in [0.15, 0.2) is 0 Å². The van der Waals surface area contributed by atoms with Crippen LogP contribution in [0.4, 0.5) is 0 Å². The predicted molar refractivity (Wildman–Crippen MR) is 51.4 cm³/mol. The highest BCUT2D eigenvalue weighted by Crippen LogP contribution is 2.03. The van der Waals surface area contributed by atoms with E-state index in [9.17, 15) is 0 Å². The lowest BCUT2D eigenvalue weighted by molar-refractivity contribution is 0.127. The number of nitrogens with zero attached hydrogens (tertiary/aromatic N) is 1. The molecule has 0 aliphatic heterocycles. The summed E-state index contributed by atoms with van der Waals surface area (Å²) in [5.74, 6) is 0.948. The summed E-state index contributed by atoms with van der Waals surface area (Å²) in [7, 11) is 1.70. The van der Waals surface area contributed by atoms with E-state index in [2.05, 4.69) is 29.1 Å². The van der Waals surface area contributed by atoms with Gasteiger partial charge in [0.1, 0.15) is 5.82 Å². The second-order valence-corrected chi connectivity index (χ2v) is 3.71. The fourth-order valence-electron chi connectivity index (χ4n) is 1.13. The zero-order chi connectivity index (χ0) is 9.73. The predicted octanol–water partition coefficient (Wildman–Crippen LogP) is 0.924. The molecule has 0 aromatic carbocycles. The van der Waals surface area contributed by atoms with Crippen LogP contribution in [0.3, 0.4) is 0 Å². The lowest BCUT2D eigenvalue weighted by Gasteiger charge is -2.24. The molecule has 13 heavy (non-hydrogen) atoms. The molecule has 4 nitrogen and oxygen atoms in total. The van der Waals surface area contributed by atoms with Crippen LogP contribution in [0.25, 0.3) is 0 Å². The maximum absolute atomic E-state index is 5.08. The molecule has 1 aromatic heterocycles. The van der Waals surface area contributed by atoms with Crippen LogP contribution in [0.2, 0.25) is 0 Å². The molecule has 0 aliphatic carbocycles. The summed E-state index contributed by atoms with van der Waals surface area (Å²) < 4.78 is 5.08. The molecule has 0 bridgehead atoms. The molecule has 1 aromatic rings. The maximum Gasteiger partial charge on any atom is 0.120 e. The van der Waals surface area contributed by atoms with Crippen molar-refractivity contribution in [3.05, 3.63) is 18.2 Å². The number of hydrogen-bond donors (Lipinski definition) is 2. The average molecular weight is 183 g/mol. The molecule has 0 fully saturated rings. The number of H-pyrrole nitrogens is 1. The SMILES string of the molecule is COCC(C)(C)NCc1ncc[nH]1. The van der Waals surface area contributed by atoms with Gasteiger partial charge in [-0.05, 0) is 13.8 Å². The maximum atomic E-state index is 5.08. The topological polar surface area (TPSA) is 49.9 Å². The van der Waals surface area contributed by atoms with Gasteiger partial charge in [0.25, 0.3) is 0 Å². The first kappa shape index (κ1) is 10.2. The molecule has 74 valence electrons. The van der Waals surface area contributed by atoms with Crippen LogP contribution in [-0.4, -0.2) is 29.2 Å². The quantitative estimate of drug-likeness (QED) is 0.713. The van der Waals surface area contributed by atoms with E-state index in [1.165, 1.54) is 0 Å². The normalized spacial score (nSPS) is 11.9. The van der Waals surface area contributed by atoms with E-state index in [0.717, 1.165) is 12.4 Å². The monoisotopic (exact) mass is 183 g/mol. The van der Waals surface area contributed by atoms with Crippen molar-refractivity contribution in [3.63, 3.8) is 0 Å². The van der Waals surface area contributed by atoms with Crippen molar-refractivity contribution in [2.24, 2.45) is 0 Å². The fraction of sp³-hybridized carbons (Fsp3) is 0.667. The third kappa shape index (κ3) is 3.57. The number of imidazole rings is 1. The Hall–Kier alpha value is -0.870. The fourth-order valence-corrected chi connectivity index (χ4v) is 1.13. The summed E-state index contributed by atoms with van der Waals surface area (Å²) >= 11 is 0. The third-order valence-corrected chi connectivity index (χ3v) is 1.79. The zero-order valence-corrected chi connectivity index (χ0v) is 8.42. The smallest absolute Gasteiger partial charge is 0.120 e. The van der Waals surface area contributed by atoms with Crippen molar-refractivity contribution in [1.82, 2.24) is 15.3 Å². The third-order valence-electron chi connectivity index (χ3n) is 1.79. The number of nitrogens with one attached hydrogen (secondary N) is 2. The molecule has 0 saturated carbocycles. The Bertz CT molecular complexity index is 231. The van der Waals surface area contributed by atoms with E-state index in [4.69, 9.17) is 4.74 Å². The first-order chi connectivity index (χ1) is 6.14. The van der Waals surface area contributed by atoms with Crippen LogP contribution in [0, 0.1) is 0 Å². The Balaban J connectivity index is 2.33. The average Bonchev–Trinajstić information content (AvgIpc) is 2.52. The highest BCUT2D eigenvalue weighted by atomic mass is 16.5. The molecular formula is C9H17N3O. The molecule has 1 heterocycles. The molecule has 0 radical (unpaired) electrons. The summed E-state index contributed by atoms with van der Waals surface area (Å²) in [5, 5.41) is 3.34. The first-order valence-electron chi connectivity index (χ1n) is 4.36.